The molecule has 0 amide bonds. The van der Waals surface area contributed by atoms with E-state index in [4.69, 9.17) is 10.8 Å². The summed E-state index contributed by atoms with van der Waals surface area (Å²) in [5, 5.41) is 1.00. The van der Waals surface area contributed by atoms with Gasteiger partial charge in [0.25, 0.3) is 0 Å². The Hall–Kier alpha value is -3.00. The minimum absolute atomic E-state index is 0.0864. The van der Waals surface area contributed by atoms with Gasteiger partial charge < -0.3 is 4.42 Å². The molecule has 0 spiro atoms. The van der Waals surface area contributed by atoms with Crippen LogP contribution in [0.15, 0.2) is 22.8 Å². The second-order valence-corrected chi connectivity index (χ2v) is 5.78. The Labute approximate surface area is 132 Å². The number of terminal acetylenes is 1. The van der Waals surface area contributed by atoms with E-state index in [-0.39, 0.29) is 5.41 Å². The molecule has 0 aliphatic rings. The molecule has 0 saturated heterocycles. The SMILES string of the molecule is C#CC#Cc1c(C(C)(C)C)cc2ccoc2c1C#CC#CC. The Kier molecular flexibility index (Phi) is 4.33. The number of fused-ring (bicyclic) bond motifs is 1. The lowest BCUT2D eigenvalue weighted by Crippen LogP contribution is -2.14. The number of benzene rings is 1. The van der Waals surface area contributed by atoms with Gasteiger partial charge in [-0.1, -0.05) is 32.6 Å². The maximum absolute atomic E-state index is 5.60. The van der Waals surface area contributed by atoms with Gasteiger partial charge in [0.15, 0.2) is 5.58 Å². The zero-order valence-corrected chi connectivity index (χ0v) is 13.2. The standard InChI is InChI=1S/C21H16O/c1-6-8-10-12-18-17(11-9-7-2)19(21(3,4)5)15-16-13-14-22-20(16)18/h2,13-15H,1,3-5H3. The van der Waals surface area contributed by atoms with E-state index in [2.05, 4.69) is 68.3 Å². The van der Waals surface area contributed by atoms with Gasteiger partial charge in [-0.05, 0) is 59.6 Å². The normalized spacial score (nSPS) is 9.59. The molecule has 1 aromatic carbocycles. The lowest BCUT2D eigenvalue weighted by atomic mass is 9.81. The van der Waals surface area contributed by atoms with Crippen molar-refractivity contribution in [1.29, 1.82) is 0 Å². The minimum atomic E-state index is -0.0864. The summed E-state index contributed by atoms with van der Waals surface area (Å²) in [6.45, 7) is 8.16. The second kappa shape index (κ2) is 6.19. The molecular formula is C21H16O. The van der Waals surface area contributed by atoms with Crippen LogP contribution in [-0.2, 0) is 5.41 Å². The average molecular weight is 284 g/mol. The van der Waals surface area contributed by atoms with Crippen LogP contribution in [0.25, 0.3) is 11.0 Å². The van der Waals surface area contributed by atoms with Gasteiger partial charge in [0.05, 0.1) is 11.8 Å². The molecule has 1 aromatic heterocycles. The molecule has 0 aliphatic carbocycles. The largest absolute Gasteiger partial charge is 0.463 e. The van der Waals surface area contributed by atoms with Gasteiger partial charge in [0.1, 0.15) is 0 Å². The van der Waals surface area contributed by atoms with Crippen LogP contribution in [0.2, 0.25) is 0 Å². The smallest absolute Gasteiger partial charge is 0.150 e. The van der Waals surface area contributed by atoms with Crippen LogP contribution < -0.4 is 0 Å². The number of rotatable bonds is 0. The summed E-state index contributed by atoms with van der Waals surface area (Å²) in [6, 6.07) is 4.02. The summed E-state index contributed by atoms with van der Waals surface area (Å²) >= 11 is 0. The Balaban J connectivity index is 2.93. The molecule has 0 atom stereocenters. The van der Waals surface area contributed by atoms with Gasteiger partial charge in [0.2, 0.25) is 0 Å². The van der Waals surface area contributed by atoms with Crippen LogP contribution in [0.1, 0.15) is 44.4 Å². The highest BCUT2D eigenvalue weighted by Crippen LogP contribution is 2.33. The zero-order chi connectivity index (χ0) is 16.2. The van der Waals surface area contributed by atoms with Crippen LogP contribution in [0.5, 0.6) is 0 Å². The van der Waals surface area contributed by atoms with Crippen molar-refractivity contribution in [1.82, 2.24) is 0 Å². The minimum Gasteiger partial charge on any atom is -0.463 e. The maximum Gasteiger partial charge on any atom is 0.150 e. The summed E-state index contributed by atoms with van der Waals surface area (Å²) in [5.74, 6) is 19.5. The van der Waals surface area contributed by atoms with Crippen LogP contribution in [0.3, 0.4) is 0 Å². The molecule has 2 aromatic rings. The van der Waals surface area contributed by atoms with Crippen molar-refractivity contribution in [3.8, 4) is 47.9 Å². The highest BCUT2D eigenvalue weighted by molar-refractivity contribution is 5.88. The molecule has 0 unspecified atom stereocenters. The van der Waals surface area contributed by atoms with Crippen molar-refractivity contribution in [3.63, 3.8) is 0 Å². The van der Waals surface area contributed by atoms with Crippen LogP contribution in [0.4, 0.5) is 0 Å². The average Bonchev–Trinajstić information content (AvgIpc) is 2.92. The predicted molar refractivity (Wildman–Crippen MR) is 91.0 cm³/mol. The van der Waals surface area contributed by atoms with E-state index in [0.717, 1.165) is 27.7 Å². The fourth-order valence-electron chi connectivity index (χ4n) is 2.21. The molecular weight excluding hydrogens is 268 g/mol. The van der Waals surface area contributed by atoms with E-state index in [1.165, 1.54) is 0 Å². The van der Waals surface area contributed by atoms with Gasteiger partial charge in [-0.3, -0.25) is 0 Å². The van der Waals surface area contributed by atoms with Crippen molar-refractivity contribution in [2.75, 3.05) is 0 Å². The summed E-state index contributed by atoms with van der Waals surface area (Å²) in [4.78, 5) is 0. The van der Waals surface area contributed by atoms with Crippen molar-refractivity contribution in [3.05, 3.63) is 35.1 Å². The lowest BCUT2D eigenvalue weighted by molar-refractivity contribution is 0.587. The first-order valence-corrected chi connectivity index (χ1v) is 6.93. The van der Waals surface area contributed by atoms with Crippen molar-refractivity contribution < 1.29 is 4.42 Å². The van der Waals surface area contributed by atoms with E-state index in [1.807, 2.05) is 6.07 Å². The molecule has 106 valence electrons. The summed E-state index contributed by atoms with van der Waals surface area (Å²) < 4.78 is 5.60. The van der Waals surface area contributed by atoms with Gasteiger partial charge in [-0.2, -0.15) is 0 Å². The molecule has 0 saturated carbocycles. The fourth-order valence-corrected chi connectivity index (χ4v) is 2.21. The van der Waals surface area contributed by atoms with E-state index in [1.54, 1.807) is 13.2 Å². The maximum atomic E-state index is 5.60. The summed E-state index contributed by atoms with van der Waals surface area (Å²) in [5.41, 5.74) is 3.30. The Morgan fingerprint density at radius 2 is 1.77 bits per heavy atom. The number of furan rings is 1. The Morgan fingerprint density at radius 1 is 1.05 bits per heavy atom. The molecule has 0 bridgehead atoms. The van der Waals surface area contributed by atoms with Crippen molar-refractivity contribution in [2.45, 2.75) is 33.1 Å². The highest BCUT2D eigenvalue weighted by atomic mass is 16.3. The molecule has 0 aliphatic heterocycles. The van der Waals surface area contributed by atoms with Gasteiger partial charge in [-0.15, -0.1) is 6.42 Å². The fraction of sp³-hybridized carbons (Fsp3) is 0.238. The molecule has 1 nitrogen and oxygen atoms in total. The van der Waals surface area contributed by atoms with Crippen molar-refractivity contribution in [2.24, 2.45) is 0 Å². The van der Waals surface area contributed by atoms with Gasteiger partial charge in [0, 0.05) is 10.9 Å². The first-order chi connectivity index (χ1) is 10.5. The van der Waals surface area contributed by atoms with Crippen molar-refractivity contribution >= 4 is 11.0 Å². The Morgan fingerprint density at radius 3 is 2.41 bits per heavy atom. The van der Waals surface area contributed by atoms with E-state index < -0.39 is 0 Å². The third-order valence-corrected chi connectivity index (χ3v) is 3.18. The molecule has 0 radical (unpaired) electrons. The van der Waals surface area contributed by atoms with E-state index in [9.17, 15) is 0 Å². The summed E-state index contributed by atoms with van der Waals surface area (Å²) in [7, 11) is 0. The molecule has 22 heavy (non-hydrogen) atoms. The molecule has 1 heteroatoms. The third-order valence-electron chi connectivity index (χ3n) is 3.18. The second-order valence-electron chi connectivity index (χ2n) is 5.78. The monoisotopic (exact) mass is 284 g/mol. The highest BCUT2D eigenvalue weighted by Gasteiger charge is 2.22. The van der Waals surface area contributed by atoms with Crippen LogP contribution in [0, 0.1) is 47.9 Å². The Bertz CT molecular complexity index is 937. The van der Waals surface area contributed by atoms with Crippen LogP contribution in [-0.4, -0.2) is 0 Å². The topological polar surface area (TPSA) is 13.1 Å². The summed E-state index contributed by atoms with van der Waals surface area (Å²) in [6.07, 6.45) is 6.95. The van der Waals surface area contributed by atoms with Gasteiger partial charge >= 0.3 is 0 Å². The predicted octanol–water partition coefficient (Wildman–Crippen LogP) is 4.09. The van der Waals surface area contributed by atoms with Gasteiger partial charge in [-0.25, -0.2) is 0 Å². The molecule has 0 fully saturated rings. The first kappa shape index (κ1) is 15.4. The van der Waals surface area contributed by atoms with E-state index in [0.29, 0.717) is 0 Å². The first-order valence-electron chi connectivity index (χ1n) is 6.93. The quantitative estimate of drug-likeness (QED) is 0.664. The molecule has 2 rings (SSSR count). The third kappa shape index (κ3) is 3.01. The number of hydrogen-bond donors (Lipinski definition) is 0. The molecule has 0 N–H and O–H groups in total. The lowest BCUT2D eigenvalue weighted by Gasteiger charge is -2.22. The van der Waals surface area contributed by atoms with Crippen LogP contribution >= 0.6 is 0 Å². The zero-order valence-electron chi connectivity index (χ0n) is 13.2. The molecule has 1 heterocycles. The van der Waals surface area contributed by atoms with E-state index >= 15 is 0 Å². The number of hydrogen-bond acceptors (Lipinski definition) is 1.